The molecule has 0 spiro atoms. The number of nitrogens with zero attached hydrogens (tertiary/aromatic N) is 1. The number of amides is 1. The Morgan fingerprint density at radius 3 is 2.78 bits per heavy atom. The summed E-state index contributed by atoms with van der Waals surface area (Å²) in [4.78, 5) is 12.1. The standard InChI is InChI=1S/C14H18N2O2/c1-3-11(9-10-15)16-14(17)12-7-5-6-8-13(12)18-4-2/h5-8,11H,3-4,9H2,1-2H3,(H,16,17). The molecule has 0 bridgehead atoms. The van der Waals surface area contributed by atoms with E-state index in [2.05, 4.69) is 11.4 Å². The minimum absolute atomic E-state index is 0.114. The van der Waals surface area contributed by atoms with Crippen molar-refractivity contribution in [1.82, 2.24) is 5.32 Å². The van der Waals surface area contributed by atoms with Crippen LogP contribution in [0, 0.1) is 11.3 Å². The highest BCUT2D eigenvalue weighted by Gasteiger charge is 2.15. The number of carbonyl (C=O) groups is 1. The van der Waals surface area contributed by atoms with Crippen molar-refractivity contribution in [2.24, 2.45) is 0 Å². The van der Waals surface area contributed by atoms with Crippen molar-refractivity contribution < 1.29 is 9.53 Å². The molecule has 96 valence electrons. The first-order valence-electron chi connectivity index (χ1n) is 6.12. The highest BCUT2D eigenvalue weighted by atomic mass is 16.5. The molecule has 0 aromatic heterocycles. The van der Waals surface area contributed by atoms with Crippen LogP contribution in [-0.2, 0) is 0 Å². The van der Waals surface area contributed by atoms with Gasteiger partial charge in [0.1, 0.15) is 5.75 Å². The molecule has 4 nitrogen and oxygen atoms in total. The average molecular weight is 246 g/mol. The summed E-state index contributed by atoms with van der Waals surface area (Å²) in [5.41, 5.74) is 0.510. The number of hydrogen-bond donors (Lipinski definition) is 1. The molecule has 1 aromatic rings. The smallest absolute Gasteiger partial charge is 0.255 e. The normalized spacial score (nSPS) is 11.4. The topological polar surface area (TPSA) is 62.1 Å². The van der Waals surface area contributed by atoms with Crippen molar-refractivity contribution in [2.75, 3.05) is 6.61 Å². The van der Waals surface area contributed by atoms with E-state index in [1.165, 1.54) is 0 Å². The lowest BCUT2D eigenvalue weighted by molar-refractivity contribution is 0.0933. The van der Waals surface area contributed by atoms with Gasteiger partial charge in [-0.1, -0.05) is 19.1 Å². The monoisotopic (exact) mass is 246 g/mol. The molecule has 0 aliphatic carbocycles. The van der Waals surface area contributed by atoms with Gasteiger partial charge in [0.25, 0.3) is 5.91 Å². The molecule has 1 unspecified atom stereocenters. The third-order valence-electron chi connectivity index (χ3n) is 2.60. The fraction of sp³-hybridized carbons (Fsp3) is 0.429. The van der Waals surface area contributed by atoms with Crippen LogP contribution in [0.3, 0.4) is 0 Å². The van der Waals surface area contributed by atoms with Crippen LogP contribution < -0.4 is 10.1 Å². The molecule has 1 amide bonds. The molecule has 1 atom stereocenters. The van der Waals surface area contributed by atoms with Gasteiger partial charge in [-0.15, -0.1) is 0 Å². The van der Waals surface area contributed by atoms with Crippen LogP contribution in [0.2, 0.25) is 0 Å². The number of carbonyl (C=O) groups excluding carboxylic acids is 1. The van der Waals surface area contributed by atoms with E-state index in [1.807, 2.05) is 19.9 Å². The number of nitrogens with one attached hydrogen (secondary N) is 1. The Kier molecular flexibility index (Phi) is 5.72. The van der Waals surface area contributed by atoms with Gasteiger partial charge < -0.3 is 10.1 Å². The maximum Gasteiger partial charge on any atom is 0.255 e. The molecule has 0 saturated carbocycles. The molecule has 0 radical (unpaired) electrons. The van der Waals surface area contributed by atoms with E-state index in [-0.39, 0.29) is 11.9 Å². The summed E-state index contributed by atoms with van der Waals surface area (Å²) in [6.45, 7) is 4.33. The molecule has 1 aromatic carbocycles. The van der Waals surface area contributed by atoms with Gasteiger partial charge in [0, 0.05) is 6.04 Å². The Bertz CT molecular complexity index is 438. The number of benzene rings is 1. The van der Waals surface area contributed by atoms with E-state index in [1.54, 1.807) is 18.2 Å². The zero-order chi connectivity index (χ0) is 13.4. The third-order valence-corrected chi connectivity index (χ3v) is 2.60. The van der Waals surface area contributed by atoms with Gasteiger partial charge in [-0.05, 0) is 25.5 Å². The lowest BCUT2D eigenvalue weighted by atomic mass is 10.1. The fourth-order valence-corrected chi connectivity index (χ4v) is 1.61. The van der Waals surface area contributed by atoms with Crippen molar-refractivity contribution >= 4 is 5.91 Å². The first-order chi connectivity index (χ1) is 8.72. The highest BCUT2D eigenvalue weighted by molar-refractivity contribution is 5.97. The van der Waals surface area contributed by atoms with E-state index >= 15 is 0 Å². The predicted octanol–water partition coefficient (Wildman–Crippen LogP) is 2.51. The van der Waals surface area contributed by atoms with Crippen LogP contribution in [0.25, 0.3) is 0 Å². The zero-order valence-corrected chi connectivity index (χ0v) is 10.8. The summed E-state index contributed by atoms with van der Waals surface area (Å²) in [5.74, 6) is 0.380. The number of hydrogen-bond acceptors (Lipinski definition) is 3. The molecule has 0 aliphatic heterocycles. The summed E-state index contributed by atoms with van der Waals surface area (Å²) in [7, 11) is 0. The Morgan fingerprint density at radius 1 is 1.44 bits per heavy atom. The molecule has 0 aliphatic rings. The number of ether oxygens (including phenoxy) is 1. The number of nitriles is 1. The van der Waals surface area contributed by atoms with Gasteiger partial charge in [0.05, 0.1) is 24.7 Å². The van der Waals surface area contributed by atoms with Crippen molar-refractivity contribution in [3.8, 4) is 11.8 Å². The predicted molar refractivity (Wildman–Crippen MR) is 69.4 cm³/mol. The van der Waals surface area contributed by atoms with Crippen LogP contribution in [0.1, 0.15) is 37.0 Å². The van der Waals surface area contributed by atoms with E-state index in [4.69, 9.17) is 10.00 Å². The summed E-state index contributed by atoms with van der Waals surface area (Å²) in [5, 5.41) is 11.5. The third kappa shape index (κ3) is 3.77. The second-order valence-electron chi connectivity index (χ2n) is 3.87. The molecule has 18 heavy (non-hydrogen) atoms. The zero-order valence-electron chi connectivity index (χ0n) is 10.8. The van der Waals surface area contributed by atoms with Crippen molar-refractivity contribution in [3.05, 3.63) is 29.8 Å². The van der Waals surface area contributed by atoms with E-state index in [9.17, 15) is 4.79 Å². The van der Waals surface area contributed by atoms with E-state index < -0.39 is 0 Å². The second-order valence-corrected chi connectivity index (χ2v) is 3.87. The van der Waals surface area contributed by atoms with Gasteiger partial charge in [0.2, 0.25) is 0 Å². The molecule has 1 N–H and O–H groups in total. The van der Waals surface area contributed by atoms with Crippen LogP contribution in [0.5, 0.6) is 5.75 Å². The number of rotatable bonds is 6. The maximum atomic E-state index is 12.1. The van der Waals surface area contributed by atoms with Crippen LogP contribution in [-0.4, -0.2) is 18.6 Å². The van der Waals surface area contributed by atoms with Gasteiger partial charge in [-0.3, -0.25) is 4.79 Å². The first-order valence-corrected chi connectivity index (χ1v) is 6.12. The lowest BCUT2D eigenvalue weighted by Gasteiger charge is -2.15. The lowest BCUT2D eigenvalue weighted by Crippen LogP contribution is -2.34. The maximum absolute atomic E-state index is 12.1. The summed E-state index contributed by atoms with van der Waals surface area (Å²) < 4.78 is 5.41. The first kappa shape index (κ1) is 14.0. The molecule has 0 fully saturated rings. The molecule has 0 heterocycles. The van der Waals surface area contributed by atoms with Gasteiger partial charge in [-0.25, -0.2) is 0 Å². The van der Waals surface area contributed by atoms with Crippen LogP contribution >= 0.6 is 0 Å². The van der Waals surface area contributed by atoms with Crippen molar-refractivity contribution in [1.29, 1.82) is 5.26 Å². The summed E-state index contributed by atoms with van der Waals surface area (Å²) >= 11 is 0. The molecular formula is C14H18N2O2. The Balaban J connectivity index is 2.80. The van der Waals surface area contributed by atoms with Crippen molar-refractivity contribution in [2.45, 2.75) is 32.7 Å². The molecule has 4 heteroatoms. The summed E-state index contributed by atoms with van der Waals surface area (Å²) in [6.07, 6.45) is 1.05. The largest absolute Gasteiger partial charge is 0.493 e. The molecule has 0 saturated heterocycles. The van der Waals surface area contributed by atoms with Crippen LogP contribution in [0.4, 0.5) is 0 Å². The van der Waals surface area contributed by atoms with E-state index in [0.29, 0.717) is 24.3 Å². The van der Waals surface area contributed by atoms with Gasteiger partial charge >= 0.3 is 0 Å². The molecule has 1 rings (SSSR count). The highest BCUT2D eigenvalue weighted by Crippen LogP contribution is 2.18. The Labute approximate surface area is 108 Å². The second kappa shape index (κ2) is 7.33. The molecular weight excluding hydrogens is 228 g/mol. The van der Waals surface area contributed by atoms with Gasteiger partial charge in [0.15, 0.2) is 0 Å². The fourth-order valence-electron chi connectivity index (χ4n) is 1.61. The minimum atomic E-state index is -0.193. The summed E-state index contributed by atoms with van der Waals surface area (Å²) in [6, 6.07) is 9.07. The Hall–Kier alpha value is -2.02. The minimum Gasteiger partial charge on any atom is -0.493 e. The van der Waals surface area contributed by atoms with Crippen LogP contribution in [0.15, 0.2) is 24.3 Å². The quantitative estimate of drug-likeness (QED) is 0.838. The van der Waals surface area contributed by atoms with Crippen molar-refractivity contribution in [3.63, 3.8) is 0 Å². The van der Waals surface area contributed by atoms with Gasteiger partial charge in [-0.2, -0.15) is 5.26 Å². The number of para-hydroxylation sites is 1. The van der Waals surface area contributed by atoms with E-state index in [0.717, 1.165) is 6.42 Å². The Morgan fingerprint density at radius 2 is 2.17 bits per heavy atom. The average Bonchev–Trinajstić information content (AvgIpc) is 2.39. The SMILES string of the molecule is CCOc1ccccc1C(=O)NC(CC)CC#N.